The van der Waals surface area contributed by atoms with E-state index in [0.717, 1.165) is 88.1 Å². The minimum Gasteiger partial charge on any atom is -0.494 e. The number of fused-ring (bicyclic) bond motifs is 1. The number of sulfone groups is 1. The Bertz CT molecular complexity index is 1550. The Morgan fingerprint density at radius 2 is 1.54 bits per heavy atom. The van der Waals surface area contributed by atoms with Crippen molar-refractivity contribution in [3.05, 3.63) is 54.7 Å². The van der Waals surface area contributed by atoms with Gasteiger partial charge in [-0.2, -0.15) is 0 Å². The van der Waals surface area contributed by atoms with E-state index >= 15 is 0 Å². The van der Waals surface area contributed by atoms with Crippen molar-refractivity contribution in [3.63, 3.8) is 0 Å². The summed E-state index contributed by atoms with van der Waals surface area (Å²) in [4.78, 5) is 12.4. The number of hydrogen-bond acceptors (Lipinski definition) is 9. The van der Waals surface area contributed by atoms with Crippen molar-refractivity contribution >= 4 is 37.2 Å². The summed E-state index contributed by atoms with van der Waals surface area (Å²) >= 11 is 0. The van der Waals surface area contributed by atoms with Gasteiger partial charge < -0.3 is 14.7 Å². The van der Waals surface area contributed by atoms with Crippen molar-refractivity contribution in [2.75, 3.05) is 69.0 Å². The average Bonchev–Trinajstić information content (AvgIpc) is 3.11. The Morgan fingerprint density at radius 3 is 2.23 bits per heavy atom. The molecule has 1 N–H and O–H groups in total. The first-order valence-electron chi connectivity index (χ1n) is 17.9. The number of para-hydroxylation sites is 1. The molecule has 2 aliphatic rings. The first-order chi connectivity index (χ1) is 23.4. The van der Waals surface area contributed by atoms with Crippen LogP contribution in [0.2, 0.25) is 0 Å². The average molecular weight is 699 g/mol. The van der Waals surface area contributed by atoms with Gasteiger partial charge in [-0.1, -0.05) is 70.1 Å². The molecular weight excluding hydrogens is 645 g/mol. The molecule has 9 nitrogen and oxygen atoms in total. The maximum atomic E-state index is 13.9. The van der Waals surface area contributed by atoms with Crippen LogP contribution in [0.3, 0.4) is 0 Å². The van der Waals surface area contributed by atoms with E-state index in [-0.39, 0.29) is 11.5 Å². The number of β-amino-alcohol motifs (C(OH)–C–C–N with tert-alkyl or cyclic N) is 1. The summed E-state index contributed by atoms with van der Waals surface area (Å²) in [6, 6.07) is 14.8. The number of piperidine rings is 1. The van der Waals surface area contributed by atoms with E-state index in [4.69, 9.17) is 4.74 Å². The fourth-order valence-electron chi connectivity index (χ4n) is 6.99. The third kappa shape index (κ3) is 10.00. The zero-order valence-electron chi connectivity index (χ0n) is 28.6. The summed E-state index contributed by atoms with van der Waals surface area (Å²) in [6.45, 7) is 9.33. The molecule has 2 saturated heterocycles. The molecule has 0 saturated carbocycles. The minimum atomic E-state index is -3.83. The SMILES string of the molecule is CCCCCCCCCCOc1ccc(S(=O)(=O)CS(=O)c2cnc3ccccc3c2N2CCC(N3CCN(CCO)CC3)CC2)cc1. The predicted molar refractivity (Wildman–Crippen MR) is 195 cm³/mol. The van der Waals surface area contributed by atoms with E-state index in [9.17, 15) is 17.7 Å². The van der Waals surface area contributed by atoms with Gasteiger partial charge in [-0.05, 0) is 49.6 Å². The highest BCUT2D eigenvalue weighted by molar-refractivity contribution is 8.05. The predicted octanol–water partition coefficient (Wildman–Crippen LogP) is 5.87. The van der Waals surface area contributed by atoms with Crippen molar-refractivity contribution in [3.8, 4) is 5.75 Å². The standard InChI is InChI=1S/C37H54N4O5S2/c1-2-3-4-5-6-7-8-11-28-46-32-14-16-33(17-15-32)48(44,45)30-47(43)36-29-38-35-13-10-9-12-34(35)37(36)41-20-18-31(19-21-41)40-24-22-39(23-25-40)26-27-42/h9-10,12-17,29,31,42H,2-8,11,18-28,30H2,1H3. The molecule has 0 aliphatic carbocycles. The number of hydrogen-bond donors (Lipinski definition) is 1. The molecule has 48 heavy (non-hydrogen) atoms. The Kier molecular flexibility index (Phi) is 14.1. The van der Waals surface area contributed by atoms with Crippen LogP contribution < -0.4 is 9.64 Å². The highest BCUT2D eigenvalue weighted by Gasteiger charge is 2.30. The van der Waals surface area contributed by atoms with Gasteiger partial charge in [0.25, 0.3) is 0 Å². The van der Waals surface area contributed by atoms with Crippen LogP contribution in [-0.4, -0.2) is 103 Å². The van der Waals surface area contributed by atoms with E-state index in [2.05, 4.69) is 26.6 Å². The highest BCUT2D eigenvalue weighted by Crippen LogP contribution is 2.35. The fourth-order valence-corrected chi connectivity index (χ4v) is 10.3. The van der Waals surface area contributed by atoms with Gasteiger partial charge in [0.15, 0.2) is 9.84 Å². The summed E-state index contributed by atoms with van der Waals surface area (Å²) in [7, 11) is -5.65. The van der Waals surface area contributed by atoms with E-state index in [1.165, 1.54) is 38.5 Å². The summed E-state index contributed by atoms with van der Waals surface area (Å²) in [5, 5.41) is 9.67. The molecule has 1 aromatic heterocycles. The second kappa shape index (κ2) is 18.4. The summed E-state index contributed by atoms with van der Waals surface area (Å²) in [5.74, 6) is 0.648. The minimum absolute atomic E-state index is 0.144. The zero-order chi connectivity index (χ0) is 33.8. The molecule has 3 heterocycles. The Hall–Kier alpha value is -2.57. The third-order valence-corrected chi connectivity index (χ3v) is 13.7. The smallest absolute Gasteiger partial charge is 0.190 e. The van der Waals surface area contributed by atoms with E-state index in [1.54, 1.807) is 30.5 Å². The summed E-state index contributed by atoms with van der Waals surface area (Å²) in [5.41, 5.74) is 1.64. The van der Waals surface area contributed by atoms with Crippen LogP contribution in [0.4, 0.5) is 5.69 Å². The lowest BCUT2D eigenvalue weighted by Gasteiger charge is -2.43. The number of pyridine rings is 1. The lowest BCUT2D eigenvalue weighted by atomic mass is 10.0. The van der Waals surface area contributed by atoms with E-state index in [1.807, 2.05) is 24.3 Å². The van der Waals surface area contributed by atoms with Crippen molar-refractivity contribution in [2.45, 2.75) is 87.0 Å². The lowest BCUT2D eigenvalue weighted by molar-refractivity contribution is 0.0747. The van der Waals surface area contributed by atoms with Gasteiger partial charge in [-0.25, -0.2) is 8.42 Å². The van der Waals surface area contributed by atoms with E-state index < -0.39 is 25.7 Å². The topological polar surface area (TPSA) is 103 Å². The van der Waals surface area contributed by atoms with Gasteiger partial charge in [0.2, 0.25) is 0 Å². The van der Waals surface area contributed by atoms with Gasteiger partial charge in [-0.3, -0.25) is 19.0 Å². The first kappa shape index (κ1) is 36.7. The van der Waals surface area contributed by atoms with Crippen LogP contribution in [0, 0.1) is 0 Å². The van der Waals surface area contributed by atoms with Crippen LogP contribution in [0.1, 0.15) is 71.1 Å². The number of aliphatic hydroxyl groups is 1. The number of aliphatic hydroxyl groups excluding tert-OH is 1. The van der Waals surface area contributed by atoms with E-state index in [0.29, 0.717) is 23.3 Å². The molecular formula is C37H54N4O5S2. The van der Waals surface area contributed by atoms with Gasteiger partial charge in [0.1, 0.15) is 10.8 Å². The maximum absolute atomic E-state index is 13.9. The summed E-state index contributed by atoms with van der Waals surface area (Å²) in [6.07, 6.45) is 13.4. The molecule has 11 heteroatoms. The fraction of sp³-hybridized carbons (Fsp3) is 0.595. The van der Waals surface area contributed by atoms with Gasteiger partial charge in [-0.15, -0.1) is 0 Å². The number of ether oxygens (including phenoxy) is 1. The highest BCUT2D eigenvalue weighted by atomic mass is 32.3. The van der Waals surface area contributed by atoms with Crippen LogP contribution in [0.25, 0.3) is 10.9 Å². The quantitative estimate of drug-likeness (QED) is 0.163. The molecule has 2 aromatic carbocycles. The molecule has 0 amide bonds. The van der Waals surface area contributed by atoms with Gasteiger partial charge in [0, 0.05) is 63.4 Å². The van der Waals surface area contributed by atoms with Crippen molar-refractivity contribution in [1.29, 1.82) is 0 Å². The summed E-state index contributed by atoms with van der Waals surface area (Å²) < 4.78 is 46.8. The second-order valence-corrected chi connectivity index (χ2v) is 17.0. The molecule has 3 aromatic rings. The largest absolute Gasteiger partial charge is 0.494 e. The molecule has 5 rings (SSSR count). The molecule has 2 aliphatic heterocycles. The Balaban J connectivity index is 1.19. The number of aromatic nitrogens is 1. The second-order valence-electron chi connectivity index (χ2n) is 13.2. The van der Waals surface area contributed by atoms with Crippen molar-refractivity contribution < 1.29 is 22.5 Å². The van der Waals surface area contributed by atoms with Gasteiger partial charge >= 0.3 is 0 Å². The lowest BCUT2D eigenvalue weighted by Crippen LogP contribution is -2.53. The van der Waals surface area contributed by atoms with Crippen molar-refractivity contribution in [1.82, 2.24) is 14.8 Å². The number of benzene rings is 2. The van der Waals surface area contributed by atoms with Crippen LogP contribution in [-0.2, 0) is 20.6 Å². The molecule has 0 radical (unpaired) electrons. The molecule has 1 unspecified atom stereocenters. The van der Waals surface area contributed by atoms with Crippen molar-refractivity contribution in [2.24, 2.45) is 0 Å². The Morgan fingerprint density at radius 1 is 0.875 bits per heavy atom. The molecule has 0 bridgehead atoms. The van der Waals surface area contributed by atoms with Gasteiger partial charge in [0.05, 0.1) is 45.0 Å². The van der Waals surface area contributed by atoms with Crippen LogP contribution >= 0.6 is 0 Å². The number of unbranched alkanes of at least 4 members (excludes halogenated alkanes) is 7. The zero-order valence-corrected chi connectivity index (χ0v) is 30.2. The Labute approximate surface area is 290 Å². The molecule has 1 atom stereocenters. The number of nitrogens with zero attached hydrogens (tertiary/aromatic N) is 4. The normalized spacial score (nSPS) is 17.6. The first-order valence-corrected chi connectivity index (χ1v) is 20.9. The third-order valence-electron chi connectivity index (χ3n) is 9.79. The molecule has 2 fully saturated rings. The number of rotatable bonds is 18. The number of anilines is 1. The van der Waals surface area contributed by atoms with Crippen LogP contribution in [0.5, 0.6) is 5.75 Å². The van der Waals surface area contributed by atoms with Crippen LogP contribution in [0.15, 0.2) is 64.5 Å². The number of piperazine rings is 1. The monoisotopic (exact) mass is 698 g/mol. The molecule has 264 valence electrons. The molecule has 0 spiro atoms. The maximum Gasteiger partial charge on any atom is 0.190 e.